The molecule has 2 aromatic rings. The molecule has 108 valence electrons. The number of aromatic nitrogens is 2. The minimum absolute atomic E-state index is 0.0352. The van der Waals surface area contributed by atoms with Crippen LogP contribution in [0.25, 0.3) is 11.4 Å². The lowest BCUT2D eigenvalue weighted by atomic mass is 10.1. The van der Waals surface area contributed by atoms with Crippen molar-refractivity contribution in [2.75, 3.05) is 0 Å². The van der Waals surface area contributed by atoms with Crippen molar-refractivity contribution >= 4 is 15.9 Å². The zero-order valence-corrected chi connectivity index (χ0v) is 12.5. The number of nitrogens with zero attached hydrogens (tertiary/aromatic N) is 2. The number of rotatable bonds is 5. The molecule has 2 N–H and O–H groups in total. The van der Waals surface area contributed by atoms with Gasteiger partial charge in [-0.1, -0.05) is 24.9 Å². The molecule has 1 atom stereocenters. The Morgan fingerprint density at radius 3 is 2.85 bits per heavy atom. The summed E-state index contributed by atoms with van der Waals surface area (Å²) in [6.07, 6.45) is 2.70. The predicted molar refractivity (Wildman–Crippen MR) is 73.8 cm³/mol. The van der Waals surface area contributed by atoms with Crippen molar-refractivity contribution in [3.63, 3.8) is 0 Å². The molecule has 0 bridgehead atoms. The first-order chi connectivity index (χ1) is 9.54. The van der Waals surface area contributed by atoms with E-state index >= 15 is 0 Å². The fourth-order valence-electron chi connectivity index (χ4n) is 1.74. The van der Waals surface area contributed by atoms with E-state index in [0.29, 0.717) is 11.5 Å². The molecule has 0 saturated carbocycles. The highest BCUT2D eigenvalue weighted by Gasteiger charge is 2.19. The lowest BCUT2D eigenvalue weighted by Gasteiger charge is -2.04. The van der Waals surface area contributed by atoms with Crippen LogP contribution in [0.1, 0.15) is 38.1 Å². The molecule has 0 fully saturated rings. The first kappa shape index (κ1) is 15.1. The number of hydrogen-bond acceptors (Lipinski definition) is 4. The van der Waals surface area contributed by atoms with Crippen LogP contribution < -0.4 is 5.73 Å². The summed E-state index contributed by atoms with van der Waals surface area (Å²) < 4.78 is 31.6. The Hall–Kier alpha value is -1.34. The van der Waals surface area contributed by atoms with E-state index in [1.165, 1.54) is 6.07 Å². The molecule has 4 nitrogen and oxygen atoms in total. The Kier molecular flexibility index (Phi) is 4.82. The van der Waals surface area contributed by atoms with Crippen molar-refractivity contribution in [3.05, 3.63) is 34.1 Å². The quantitative estimate of drug-likeness (QED) is 0.832. The molecule has 1 unspecified atom stereocenters. The van der Waals surface area contributed by atoms with Crippen LogP contribution >= 0.6 is 15.9 Å². The molecule has 1 aromatic heterocycles. The third-order valence-electron chi connectivity index (χ3n) is 2.90. The number of nitrogens with two attached hydrogens (primary N) is 1. The molecule has 1 aromatic carbocycles. The van der Waals surface area contributed by atoms with Gasteiger partial charge in [-0.05, 0) is 34.5 Å². The Morgan fingerprint density at radius 2 is 2.15 bits per heavy atom. The maximum Gasteiger partial charge on any atom is 0.243 e. The minimum atomic E-state index is -0.982. The van der Waals surface area contributed by atoms with Crippen molar-refractivity contribution in [3.8, 4) is 11.4 Å². The molecule has 2 rings (SSSR count). The van der Waals surface area contributed by atoms with Crippen molar-refractivity contribution in [2.24, 2.45) is 5.73 Å². The van der Waals surface area contributed by atoms with Gasteiger partial charge in [-0.2, -0.15) is 4.98 Å². The van der Waals surface area contributed by atoms with Gasteiger partial charge in [0, 0.05) is 5.56 Å². The van der Waals surface area contributed by atoms with E-state index in [1.54, 1.807) is 0 Å². The number of hydrogen-bond donors (Lipinski definition) is 1. The zero-order chi connectivity index (χ0) is 14.7. The van der Waals surface area contributed by atoms with E-state index < -0.39 is 11.6 Å². The third kappa shape index (κ3) is 3.04. The van der Waals surface area contributed by atoms with E-state index in [9.17, 15) is 8.78 Å². The number of unbranched alkanes of at least 4 members (excludes halogenated alkanes) is 1. The number of benzene rings is 1. The first-order valence-corrected chi connectivity index (χ1v) is 7.07. The number of halogens is 3. The van der Waals surface area contributed by atoms with Gasteiger partial charge in [0.05, 0.1) is 10.5 Å². The molecule has 0 saturated heterocycles. The fraction of sp³-hybridized carbons (Fsp3) is 0.385. The highest BCUT2D eigenvalue weighted by Crippen LogP contribution is 2.30. The molecule has 7 heteroatoms. The molecule has 0 radical (unpaired) electrons. The van der Waals surface area contributed by atoms with Gasteiger partial charge in [-0.25, -0.2) is 8.78 Å². The summed E-state index contributed by atoms with van der Waals surface area (Å²) in [4.78, 5) is 4.14. The van der Waals surface area contributed by atoms with E-state index in [0.717, 1.165) is 25.3 Å². The lowest BCUT2D eigenvalue weighted by Crippen LogP contribution is -2.10. The second kappa shape index (κ2) is 6.41. The molecule has 20 heavy (non-hydrogen) atoms. The van der Waals surface area contributed by atoms with Gasteiger partial charge in [-0.3, -0.25) is 0 Å². The summed E-state index contributed by atoms with van der Waals surface area (Å²) in [6.45, 7) is 2.06. The summed E-state index contributed by atoms with van der Waals surface area (Å²) in [5, 5.41) is 3.76. The maximum atomic E-state index is 13.5. The molecule has 0 aliphatic carbocycles. The summed E-state index contributed by atoms with van der Waals surface area (Å²) in [7, 11) is 0. The molecule has 0 aliphatic heterocycles. The average Bonchev–Trinajstić information content (AvgIpc) is 2.92. The van der Waals surface area contributed by atoms with Crippen LogP contribution in [0.2, 0.25) is 0 Å². The van der Waals surface area contributed by atoms with Crippen molar-refractivity contribution in [2.45, 2.75) is 32.2 Å². The van der Waals surface area contributed by atoms with Crippen LogP contribution in [-0.2, 0) is 0 Å². The van der Waals surface area contributed by atoms with Gasteiger partial charge in [-0.15, -0.1) is 0 Å². The van der Waals surface area contributed by atoms with E-state index in [2.05, 4.69) is 33.0 Å². The maximum absolute atomic E-state index is 13.5. The molecule has 0 aliphatic rings. The lowest BCUT2D eigenvalue weighted by molar-refractivity contribution is 0.346. The van der Waals surface area contributed by atoms with E-state index in [-0.39, 0.29) is 16.3 Å². The predicted octanol–water partition coefficient (Wildman–Crippen LogP) is 3.97. The van der Waals surface area contributed by atoms with Crippen molar-refractivity contribution < 1.29 is 13.3 Å². The second-order valence-corrected chi connectivity index (χ2v) is 5.22. The normalized spacial score (nSPS) is 12.7. The van der Waals surface area contributed by atoms with Gasteiger partial charge in [0.1, 0.15) is 0 Å². The van der Waals surface area contributed by atoms with Crippen molar-refractivity contribution in [1.82, 2.24) is 10.1 Å². The van der Waals surface area contributed by atoms with Gasteiger partial charge < -0.3 is 10.3 Å². The molecule has 0 spiro atoms. The zero-order valence-electron chi connectivity index (χ0n) is 10.9. The highest BCUT2D eigenvalue weighted by molar-refractivity contribution is 9.10. The van der Waals surface area contributed by atoms with Crippen LogP contribution in [0.3, 0.4) is 0 Å². The molecular formula is C13H14BrF2N3O. The monoisotopic (exact) mass is 345 g/mol. The van der Waals surface area contributed by atoms with Crippen LogP contribution in [0.15, 0.2) is 21.1 Å². The van der Waals surface area contributed by atoms with Gasteiger partial charge in [0.25, 0.3) is 0 Å². The summed E-state index contributed by atoms with van der Waals surface area (Å²) in [5.41, 5.74) is 6.24. The Balaban J connectivity index is 2.27. The smallest absolute Gasteiger partial charge is 0.243 e. The standard InChI is InChI=1S/C13H14BrF2N3O/c1-2-3-4-9(17)13-18-12(19-20-13)7-5-6-8(15)11(16)10(7)14/h5-6,9H,2-4,17H2,1H3. The average molecular weight is 346 g/mol. The largest absolute Gasteiger partial charge is 0.337 e. The summed E-state index contributed by atoms with van der Waals surface area (Å²) >= 11 is 2.99. The SMILES string of the molecule is CCCCC(N)c1nc(-c2ccc(F)c(F)c2Br)no1. The topological polar surface area (TPSA) is 64.9 Å². The van der Waals surface area contributed by atoms with Crippen molar-refractivity contribution in [1.29, 1.82) is 0 Å². The Morgan fingerprint density at radius 1 is 1.40 bits per heavy atom. The summed E-state index contributed by atoms with van der Waals surface area (Å²) in [5.74, 6) is -1.45. The van der Waals surface area contributed by atoms with Gasteiger partial charge >= 0.3 is 0 Å². The van der Waals surface area contributed by atoms with Crippen LogP contribution in [-0.4, -0.2) is 10.1 Å². The second-order valence-electron chi connectivity index (χ2n) is 4.43. The van der Waals surface area contributed by atoms with E-state index in [4.69, 9.17) is 10.3 Å². The van der Waals surface area contributed by atoms with Crippen LogP contribution in [0.5, 0.6) is 0 Å². The molecular weight excluding hydrogens is 332 g/mol. The minimum Gasteiger partial charge on any atom is -0.337 e. The van der Waals surface area contributed by atoms with Crippen LogP contribution in [0, 0.1) is 11.6 Å². The van der Waals surface area contributed by atoms with Gasteiger partial charge in [0.2, 0.25) is 11.7 Å². The van der Waals surface area contributed by atoms with E-state index in [1.807, 2.05) is 0 Å². The summed E-state index contributed by atoms with van der Waals surface area (Å²) in [6, 6.07) is 2.05. The molecule has 1 heterocycles. The fourth-order valence-corrected chi connectivity index (χ4v) is 2.24. The van der Waals surface area contributed by atoms with Gasteiger partial charge in [0.15, 0.2) is 11.6 Å². The molecule has 0 amide bonds. The van der Waals surface area contributed by atoms with Crippen LogP contribution in [0.4, 0.5) is 8.78 Å². The Bertz CT molecular complexity index is 603. The Labute approximate surface area is 123 Å². The third-order valence-corrected chi connectivity index (χ3v) is 3.68. The highest BCUT2D eigenvalue weighted by atomic mass is 79.9. The first-order valence-electron chi connectivity index (χ1n) is 6.27.